The van der Waals surface area contributed by atoms with Crippen LogP contribution in [0, 0.1) is 0 Å². The van der Waals surface area contributed by atoms with Gasteiger partial charge in [0.05, 0.1) is 0 Å². The zero-order valence-electron chi connectivity index (χ0n) is 11.4. The molecule has 0 heterocycles. The van der Waals surface area contributed by atoms with E-state index in [9.17, 15) is 0 Å². The van der Waals surface area contributed by atoms with E-state index >= 15 is 0 Å². The molecule has 2 heteroatoms. The maximum atomic E-state index is 8.72. The van der Waals surface area contributed by atoms with E-state index in [0.29, 0.717) is 12.6 Å². The predicted octanol–water partition coefficient (Wildman–Crippen LogP) is 2.99. The number of nitrogens with one attached hydrogen (secondary N) is 1. The Bertz CT molecular complexity index is 375. The highest BCUT2D eigenvalue weighted by Gasteiger charge is 2.12. The molecule has 0 saturated heterocycles. The molecule has 1 aromatic rings. The van der Waals surface area contributed by atoms with Crippen LogP contribution in [0.5, 0.6) is 0 Å². The van der Waals surface area contributed by atoms with Crippen LogP contribution in [-0.4, -0.2) is 18.3 Å². The molecular formula is C16H25NO. The molecule has 0 saturated carbocycles. The lowest BCUT2D eigenvalue weighted by Gasteiger charge is -2.15. The third kappa shape index (κ3) is 3.56. The molecule has 2 N–H and O–H groups in total. The molecule has 1 unspecified atom stereocenters. The van der Waals surface area contributed by atoms with Crippen LogP contribution < -0.4 is 5.32 Å². The Hall–Kier alpha value is -0.860. The van der Waals surface area contributed by atoms with Gasteiger partial charge in [0.2, 0.25) is 0 Å². The fraction of sp³-hybridized carbons (Fsp3) is 0.625. The van der Waals surface area contributed by atoms with Crippen LogP contribution in [0.3, 0.4) is 0 Å². The molecule has 1 aromatic carbocycles. The molecule has 1 aliphatic carbocycles. The maximum absolute atomic E-state index is 8.72. The van der Waals surface area contributed by atoms with E-state index in [-0.39, 0.29) is 0 Å². The number of fused-ring (bicyclic) bond motifs is 1. The zero-order chi connectivity index (χ0) is 12.8. The van der Waals surface area contributed by atoms with Gasteiger partial charge in [0.1, 0.15) is 0 Å². The number of hydrogen-bond donors (Lipinski definition) is 2. The number of aryl methyl sites for hydroxylation is 2. The summed E-state index contributed by atoms with van der Waals surface area (Å²) in [5, 5.41) is 12.3. The van der Waals surface area contributed by atoms with Gasteiger partial charge in [-0.15, -0.1) is 0 Å². The van der Waals surface area contributed by atoms with Gasteiger partial charge in [-0.1, -0.05) is 18.2 Å². The summed E-state index contributed by atoms with van der Waals surface area (Å²) in [5.41, 5.74) is 4.52. The minimum Gasteiger partial charge on any atom is -0.396 e. The lowest BCUT2D eigenvalue weighted by molar-refractivity contribution is 0.282. The maximum Gasteiger partial charge on any atom is 0.0431 e. The molecule has 0 fully saturated rings. The Kier molecular flexibility index (Phi) is 5.21. The lowest BCUT2D eigenvalue weighted by atomic mass is 10.0. The van der Waals surface area contributed by atoms with E-state index in [0.717, 1.165) is 25.8 Å². The van der Waals surface area contributed by atoms with Crippen molar-refractivity contribution in [1.82, 2.24) is 5.32 Å². The van der Waals surface area contributed by atoms with Crippen LogP contribution in [-0.2, 0) is 12.8 Å². The molecule has 2 nitrogen and oxygen atoms in total. The quantitative estimate of drug-likeness (QED) is 0.726. The number of rotatable bonds is 7. The molecule has 0 spiro atoms. The standard InChI is InChI=1S/C16H25NO/c1-13(17-10-3-2-4-11-18)15-9-8-14-6-5-7-16(14)12-15/h8-9,12-13,17-18H,2-7,10-11H2,1H3. The van der Waals surface area contributed by atoms with Gasteiger partial charge in [-0.3, -0.25) is 0 Å². The lowest BCUT2D eigenvalue weighted by Crippen LogP contribution is -2.20. The molecule has 18 heavy (non-hydrogen) atoms. The van der Waals surface area contributed by atoms with Crippen molar-refractivity contribution in [3.63, 3.8) is 0 Å². The molecule has 1 atom stereocenters. The summed E-state index contributed by atoms with van der Waals surface area (Å²) < 4.78 is 0. The van der Waals surface area contributed by atoms with Crippen LogP contribution in [0.25, 0.3) is 0 Å². The van der Waals surface area contributed by atoms with Crippen LogP contribution >= 0.6 is 0 Å². The van der Waals surface area contributed by atoms with Crippen LogP contribution in [0.4, 0.5) is 0 Å². The Morgan fingerprint density at radius 3 is 2.83 bits per heavy atom. The molecule has 0 aliphatic heterocycles. The summed E-state index contributed by atoms with van der Waals surface area (Å²) in [6.07, 6.45) is 7.03. The highest BCUT2D eigenvalue weighted by atomic mass is 16.2. The van der Waals surface area contributed by atoms with Crippen LogP contribution in [0.2, 0.25) is 0 Å². The number of aliphatic hydroxyl groups excluding tert-OH is 1. The van der Waals surface area contributed by atoms with E-state index in [4.69, 9.17) is 5.11 Å². The molecule has 0 radical (unpaired) electrons. The first kappa shape index (κ1) is 13.6. The van der Waals surface area contributed by atoms with Crippen molar-refractivity contribution >= 4 is 0 Å². The molecule has 0 amide bonds. The van der Waals surface area contributed by atoms with Crippen molar-refractivity contribution in [2.75, 3.05) is 13.2 Å². The van der Waals surface area contributed by atoms with Crippen molar-refractivity contribution in [1.29, 1.82) is 0 Å². The van der Waals surface area contributed by atoms with Gasteiger partial charge in [-0.25, -0.2) is 0 Å². The topological polar surface area (TPSA) is 32.3 Å². The van der Waals surface area contributed by atoms with E-state index in [2.05, 4.69) is 30.4 Å². The average Bonchev–Trinajstić information content (AvgIpc) is 2.85. The van der Waals surface area contributed by atoms with Gasteiger partial charge in [0.15, 0.2) is 0 Å². The minimum atomic E-state index is 0.320. The van der Waals surface area contributed by atoms with Gasteiger partial charge in [-0.2, -0.15) is 0 Å². The van der Waals surface area contributed by atoms with Crippen molar-refractivity contribution in [3.8, 4) is 0 Å². The summed E-state index contributed by atoms with van der Waals surface area (Å²) >= 11 is 0. The fourth-order valence-corrected chi connectivity index (χ4v) is 2.71. The molecule has 0 bridgehead atoms. The third-order valence-corrected chi connectivity index (χ3v) is 3.91. The number of hydrogen-bond acceptors (Lipinski definition) is 2. The molecular weight excluding hydrogens is 222 g/mol. The Balaban J connectivity index is 1.80. The highest BCUT2D eigenvalue weighted by molar-refractivity contribution is 5.36. The third-order valence-electron chi connectivity index (χ3n) is 3.91. The molecule has 100 valence electrons. The molecule has 2 rings (SSSR count). The monoisotopic (exact) mass is 247 g/mol. The van der Waals surface area contributed by atoms with E-state index < -0.39 is 0 Å². The second-order valence-electron chi connectivity index (χ2n) is 5.34. The first-order chi connectivity index (χ1) is 8.81. The van der Waals surface area contributed by atoms with E-state index in [1.807, 2.05) is 0 Å². The Morgan fingerprint density at radius 2 is 2.00 bits per heavy atom. The summed E-state index contributed by atoms with van der Waals surface area (Å²) in [4.78, 5) is 0. The van der Waals surface area contributed by atoms with Crippen LogP contribution in [0.15, 0.2) is 18.2 Å². The van der Waals surface area contributed by atoms with Gasteiger partial charge >= 0.3 is 0 Å². The largest absolute Gasteiger partial charge is 0.396 e. The highest BCUT2D eigenvalue weighted by Crippen LogP contribution is 2.25. The van der Waals surface area contributed by atoms with Crippen molar-refractivity contribution < 1.29 is 5.11 Å². The normalized spacial score (nSPS) is 15.7. The van der Waals surface area contributed by atoms with Gasteiger partial charge in [0, 0.05) is 12.6 Å². The number of aliphatic hydroxyl groups is 1. The van der Waals surface area contributed by atoms with Crippen molar-refractivity contribution in [3.05, 3.63) is 34.9 Å². The first-order valence-electron chi connectivity index (χ1n) is 7.27. The molecule has 0 aromatic heterocycles. The SMILES string of the molecule is CC(NCCCCCO)c1ccc2c(c1)CCC2. The van der Waals surface area contributed by atoms with Gasteiger partial charge < -0.3 is 10.4 Å². The molecule has 1 aliphatic rings. The van der Waals surface area contributed by atoms with Crippen molar-refractivity contribution in [2.24, 2.45) is 0 Å². The van der Waals surface area contributed by atoms with Gasteiger partial charge in [0.25, 0.3) is 0 Å². The second-order valence-corrected chi connectivity index (χ2v) is 5.34. The summed E-state index contributed by atoms with van der Waals surface area (Å²) in [6.45, 7) is 3.60. The smallest absolute Gasteiger partial charge is 0.0431 e. The summed E-state index contributed by atoms with van der Waals surface area (Å²) in [5.74, 6) is 0. The van der Waals surface area contributed by atoms with E-state index in [1.54, 1.807) is 11.1 Å². The Labute approximate surface area is 110 Å². The van der Waals surface area contributed by atoms with Gasteiger partial charge in [-0.05, 0) is 68.7 Å². The zero-order valence-corrected chi connectivity index (χ0v) is 11.4. The number of unbranched alkanes of at least 4 members (excludes halogenated alkanes) is 2. The summed E-state index contributed by atoms with van der Waals surface area (Å²) in [7, 11) is 0. The van der Waals surface area contributed by atoms with Crippen LogP contribution in [0.1, 0.15) is 55.3 Å². The summed E-state index contributed by atoms with van der Waals surface area (Å²) in [6, 6.07) is 7.40. The average molecular weight is 247 g/mol. The first-order valence-corrected chi connectivity index (χ1v) is 7.27. The second kappa shape index (κ2) is 6.91. The van der Waals surface area contributed by atoms with E-state index in [1.165, 1.54) is 24.8 Å². The Morgan fingerprint density at radius 1 is 1.17 bits per heavy atom. The minimum absolute atomic E-state index is 0.320. The fourth-order valence-electron chi connectivity index (χ4n) is 2.71. The predicted molar refractivity (Wildman–Crippen MR) is 75.8 cm³/mol. The number of benzene rings is 1. The van der Waals surface area contributed by atoms with Crippen molar-refractivity contribution in [2.45, 2.75) is 51.5 Å².